The Balaban J connectivity index is 0.000000309. The van der Waals surface area contributed by atoms with E-state index in [2.05, 4.69) is 75.3 Å². The Morgan fingerprint density at radius 2 is 1.65 bits per heavy atom. The monoisotopic (exact) mass is 796 g/mol. The molecule has 5 aromatic rings. The molecule has 0 saturated carbocycles. The second kappa shape index (κ2) is 16.2. The molecule has 46 heavy (non-hydrogen) atoms. The summed E-state index contributed by atoms with van der Waals surface area (Å²) in [6.45, 7) is 14.8. The largest absolute Gasteiger partial charge is 0.512 e. The summed E-state index contributed by atoms with van der Waals surface area (Å²) in [4.78, 5) is 16.4. The Labute approximate surface area is 288 Å². The summed E-state index contributed by atoms with van der Waals surface area (Å²) in [5.74, 6) is 0.547. The van der Waals surface area contributed by atoms with Gasteiger partial charge < -0.3 is 14.1 Å². The summed E-state index contributed by atoms with van der Waals surface area (Å²) in [7, 11) is 4.20. The first-order valence-electron chi connectivity index (χ1n) is 16.1. The van der Waals surface area contributed by atoms with E-state index in [1.54, 1.807) is 6.26 Å². The predicted molar refractivity (Wildman–Crippen MR) is 185 cm³/mol. The molecule has 5 rings (SSSR count). The van der Waals surface area contributed by atoms with Crippen molar-refractivity contribution >= 4 is 27.7 Å². The number of rotatable bonds is 9. The number of pyridine rings is 2. The zero-order valence-corrected chi connectivity index (χ0v) is 30.6. The van der Waals surface area contributed by atoms with E-state index >= 15 is 0 Å². The van der Waals surface area contributed by atoms with Crippen molar-refractivity contribution in [3.63, 3.8) is 0 Å². The Hall–Kier alpha value is -3.73. The molecule has 0 saturated heterocycles. The van der Waals surface area contributed by atoms with Crippen LogP contribution in [0, 0.1) is 24.9 Å². The van der Waals surface area contributed by atoms with Crippen LogP contribution in [0.5, 0.6) is 0 Å². The summed E-state index contributed by atoms with van der Waals surface area (Å²) in [5.41, 5.74) is 5.86. The summed E-state index contributed by atoms with van der Waals surface area (Å²) in [6, 6.07) is 24.4. The van der Waals surface area contributed by atoms with Gasteiger partial charge in [0, 0.05) is 50.5 Å². The topological polar surface area (TPSA) is 67.2 Å². The van der Waals surface area contributed by atoms with Crippen molar-refractivity contribution < 1.29 is 39.0 Å². The molecule has 0 aliphatic rings. The van der Waals surface area contributed by atoms with Crippen LogP contribution in [0.4, 0.5) is 0 Å². The second-order valence-electron chi connectivity index (χ2n) is 12.7. The molecular formula is C40H47IrN2O3-. The van der Waals surface area contributed by atoms with Gasteiger partial charge in [-0.05, 0) is 67.0 Å². The smallest absolute Gasteiger partial charge is 0.226 e. The van der Waals surface area contributed by atoms with Crippen LogP contribution < -0.4 is 4.57 Å². The van der Waals surface area contributed by atoms with E-state index in [4.69, 9.17) is 4.42 Å². The maximum absolute atomic E-state index is 11.7. The normalized spacial score (nSPS) is 11.9. The number of aromatic nitrogens is 2. The van der Waals surface area contributed by atoms with E-state index in [-0.39, 0.29) is 48.9 Å². The maximum atomic E-state index is 11.7. The van der Waals surface area contributed by atoms with Gasteiger partial charge in [-0.2, -0.15) is 0 Å². The Morgan fingerprint density at radius 1 is 0.978 bits per heavy atom. The first kappa shape index (κ1) is 36.7. The minimum absolute atomic E-state index is 0. The van der Waals surface area contributed by atoms with Crippen LogP contribution in [-0.2, 0) is 30.3 Å². The number of benzene rings is 2. The van der Waals surface area contributed by atoms with Crippen LogP contribution in [0.15, 0.2) is 89.4 Å². The number of hydrogen-bond acceptors (Lipinski definition) is 4. The average molecular weight is 796 g/mol. The molecule has 0 bridgehead atoms. The predicted octanol–water partition coefficient (Wildman–Crippen LogP) is 10.2. The molecule has 3 heterocycles. The number of fused-ring (bicyclic) bond motifs is 2. The molecule has 3 aromatic heterocycles. The number of carbonyl (C=O) groups is 1. The van der Waals surface area contributed by atoms with E-state index < -0.39 is 0 Å². The summed E-state index contributed by atoms with van der Waals surface area (Å²) in [6.07, 6.45) is 8.54. The zero-order chi connectivity index (χ0) is 32.7. The fourth-order valence-corrected chi connectivity index (χ4v) is 5.69. The third-order valence-corrected chi connectivity index (χ3v) is 8.59. The van der Waals surface area contributed by atoms with Gasteiger partial charge in [0.2, 0.25) is 5.71 Å². The van der Waals surface area contributed by atoms with Gasteiger partial charge in [-0.1, -0.05) is 77.6 Å². The molecule has 245 valence electrons. The van der Waals surface area contributed by atoms with Crippen molar-refractivity contribution in [3.8, 4) is 22.5 Å². The van der Waals surface area contributed by atoms with Crippen LogP contribution in [0.3, 0.4) is 0 Å². The third-order valence-electron chi connectivity index (χ3n) is 8.59. The van der Waals surface area contributed by atoms with E-state index in [1.165, 1.54) is 17.0 Å². The molecule has 1 N–H and O–H groups in total. The van der Waals surface area contributed by atoms with Gasteiger partial charge in [0.1, 0.15) is 5.69 Å². The van der Waals surface area contributed by atoms with Crippen LogP contribution in [-0.4, -0.2) is 15.9 Å². The van der Waals surface area contributed by atoms with Crippen molar-refractivity contribution in [2.24, 2.45) is 11.8 Å². The Morgan fingerprint density at radius 3 is 2.30 bits per heavy atom. The van der Waals surface area contributed by atoms with Gasteiger partial charge >= 0.3 is 0 Å². The molecule has 1 radical (unpaired) electrons. The van der Waals surface area contributed by atoms with Crippen LogP contribution in [0.1, 0.15) is 79.7 Å². The van der Waals surface area contributed by atoms with Crippen molar-refractivity contribution in [2.45, 2.75) is 79.6 Å². The van der Waals surface area contributed by atoms with Gasteiger partial charge in [-0.25, -0.2) is 4.98 Å². The van der Waals surface area contributed by atoms with Crippen LogP contribution >= 0.6 is 0 Å². The first-order chi connectivity index (χ1) is 21.5. The molecule has 0 unspecified atom stereocenters. The molecule has 0 spiro atoms. The SMILES string of the molecule is CCC(CC)C(=O)/C=C(\O)C(CC)CC.[CH2-][n+]1ccc(-c2ccc3ccoc3n2)cc1-c1[c-]c2ccccc2c(C(C)(C)C)c1.[Ir]. The fourth-order valence-electron chi connectivity index (χ4n) is 5.69. The van der Waals surface area contributed by atoms with Gasteiger partial charge in [0.15, 0.2) is 5.78 Å². The van der Waals surface area contributed by atoms with Crippen LogP contribution in [0.25, 0.3) is 44.4 Å². The second-order valence-corrected chi connectivity index (χ2v) is 12.7. The molecular weight excluding hydrogens is 749 g/mol. The maximum Gasteiger partial charge on any atom is 0.226 e. The van der Waals surface area contributed by atoms with E-state index in [0.29, 0.717) is 5.71 Å². The third kappa shape index (κ3) is 8.54. The molecule has 0 aliphatic carbocycles. The van der Waals surface area contributed by atoms with E-state index in [1.807, 2.05) is 62.7 Å². The zero-order valence-electron chi connectivity index (χ0n) is 28.2. The Kier molecular flexibility index (Phi) is 12.9. The Bertz CT molecular complexity index is 1790. The summed E-state index contributed by atoms with van der Waals surface area (Å²) in [5, 5.41) is 13.1. The molecule has 6 heteroatoms. The van der Waals surface area contributed by atoms with Crippen LogP contribution in [0.2, 0.25) is 0 Å². The fraction of sp³-hybridized carbons (Fsp3) is 0.350. The number of carbonyl (C=O) groups excluding carboxylic acids is 1. The number of ketones is 1. The van der Waals surface area contributed by atoms with Gasteiger partial charge in [0.25, 0.3) is 0 Å². The average Bonchev–Trinajstić information content (AvgIpc) is 3.50. The van der Waals surface area contributed by atoms with Gasteiger partial charge in [0.05, 0.1) is 23.9 Å². The van der Waals surface area contributed by atoms with Crippen molar-refractivity contribution in [1.29, 1.82) is 0 Å². The number of aliphatic hydroxyl groups is 1. The number of furan rings is 1. The first-order valence-corrected chi connectivity index (χ1v) is 16.1. The number of hydrogen-bond donors (Lipinski definition) is 1. The quantitative estimate of drug-likeness (QED) is 0.0699. The minimum atomic E-state index is 0. The van der Waals surface area contributed by atoms with E-state index in [9.17, 15) is 9.90 Å². The van der Waals surface area contributed by atoms with Gasteiger partial charge in [-0.3, -0.25) is 4.79 Å². The molecule has 0 fully saturated rings. The minimum Gasteiger partial charge on any atom is -0.512 e. The molecule has 0 amide bonds. The number of allylic oxidation sites excluding steroid dienone is 2. The number of nitrogens with zero attached hydrogens (tertiary/aromatic N) is 2. The van der Waals surface area contributed by atoms with Crippen molar-refractivity contribution in [2.75, 3.05) is 0 Å². The molecule has 0 atom stereocenters. The summed E-state index contributed by atoms with van der Waals surface area (Å²) < 4.78 is 7.38. The van der Waals surface area contributed by atoms with Gasteiger partial charge in [-0.15, -0.1) is 29.1 Å². The number of aliphatic hydroxyl groups excluding tert-OH is 1. The van der Waals surface area contributed by atoms with E-state index in [0.717, 1.165) is 59.0 Å². The standard InChI is InChI=1S/C27H23N2O.C13H24O2.Ir/c1-27(2,3)23-16-21(15-19-7-5-6-8-22(19)23)25-17-20(11-13-29(25)4)24-10-9-18-12-14-30-26(18)28-24;1-5-10(6-2)12(14)9-13(15)11(7-3)8-4;/h5-14,16-17H,4H2,1-3H3;9-11,14H,5-8H2,1-4H3;/q-1;;/b;12-9-;. The molecule has 2 aromatic carbocycles. The molecule has 0 aliphatic heterocycles. The molecule has 5 nitrogen and oxygen atoms in total. The summed E-state index contributed by atoms with van der Waals surface area (Å²) >= 11 is 0. The van der Waals surface area contributed by atoms with Crippen molar-refractivity contribution in [1.82, 2.24) is 4.98 Å². The van der Waals surface area contributed by atoms with Crippen molar-refractivity contribution in [3.05, 3.63) is 104 Å².